The van der Waals surface area contributed by atoms with Crippen molar-refractivity contribution < 1.29 is 13.3 Å². The van der Waals surface area contributed by atoms with Crippen molar-refractivity contribution >= 4 is 131 Å². The lowest BCUT2D eigenvalue weighted by molar-refractivity contribution is 0.668. The van der Waals surface area contributed by atoms with Crippen LogP contribution in [0.4, 0.5) is 0 Å². The highest BCUT2D eigenvalue weighted by Gasteiger charge is 2.35. The molecule has 0 spiro atoms. The lowest BCUT2D eigenvalue weighted by atomic mass is 9.91. The molecule has 0 bridgehead atoms. The minimum Gasteiger partial charge on any atom is -0.456 e. The average Bonchev–Trinajstić information content (AvgIpc) is 4.41. The number of hydrogen-bond acceptors (Lipinski definition) is 5. The lowest BCUT2D eigenvalue weighted by Gasteiger charge is -2.27. The number of rotatable bonds is 4. The van der Waals surface area contributed by atoms with Gasteiger partial charge in [-0.1, -0.05) is 140 Å². The van der Waals surface area contributed by atoms with E-state index in [2.05, 4.69) is 165 Å². The topological polar surface area (TPSA) is 102 Å². The zero-order chi connectivity index (χ0) is 49.9. The summed E-state index contributed by atoms with van der Waals surface area (Å²) < 4.78 is 27.0. The van der Waals surface area contributed by atoms with Crippen molar-refractivity contribution in [2.45, 2.75) is 0 Å². The second-order valence-electron chi connectivity index (χ2n) is 19.6. The highest BCUT2D eigenvalue weighted by molar-refractivity contribution is 6.28. The molecule has 0 aliphatic rings. The van der Waals surface area contributed by atoms with Crippen molar-refractivity contribution in [1.82, 2.24) is 13.7 Å². The molecule has 0 radical (unpaired) electrons. The molecule has 0 fully saturated rings. The molecular weight excluding hydrogens is 935 g/mol. The van der Waals surface area contributed by atoms with Crippen LogP contribution in [-0.4, -0.2) is 13.7 Å². The largest absolute Gasteiger partial charge is 0.456 e. The van der Waals surface area contributed by atoms with E-state index in [1.165, 1.54) is 0 Å². The smallest absolute Gasteiger partial charge is 0.137 e. The highest BCUT2D eigenvalue weighted by atomic mass is 16.3. The van der Waals surface area contributed by atoms with Gasteiger partial charge in [0.1, 0.15) is 45.6 Å². The number of nitrogens with zero attached hydrogens (tertiary/aromatic N) is 5. The third-order valence-corrected chi connectivity index (χ3v) is 15.9. The van der Waals surface area contributed by atoms with E-state index in [9.17, 15) is 10.5 Å². The van der Waals surface area contributed by atoms with Gasteiger partial charge >= 0.3 is 0 Å². The van der Waals surface area contributed by atoms with Crippen LogP contribution in [0.3, 0.4) is 0 Å². The normalized spacial score (nSPS) is 12.2. The fourth-order valence-electron chi connectivity index (χ4n) is 13.0. The van der Waals surface area contributed by atoms with Gasteiger partial charge in [0.25, 0.3) is 0 Å². The van der Waals surface area contributed by atoms with E-state index in [1.807, 2.05) is 72.8 Å². The number of furan rings is 3. The Balaban J connectivity index is 1.22. The van der Waals surface area contributed by atoms with E-state index in [0.29, 0.717) is 28.2 Å². The summed E-state index contributed by atoms with van der Waals surface area (Å²) in [5.74, 6) is 0. The van der Waals surface area contributed by atoms with Gasteiger partial charge in [0.15, 0.2) is 0 Å². The van der Waals surface area contributed by atoms with Gasteiger partial charge in [-0.15, -0.1) is 0 Å². The maximum atomic E-state index is 12.5. The van der Waals surface area contributed by atoms with E-state index in [4.69, 9.17) is 13.3 Å². The summed E-state index contributed by atoms with van der Waals surface area (Å²) in [6.45, 7) is 0. The predicted molar refractivity (Wildman–Crippen MR) is 306 cm³/mol. The monoisotopic (exact) mass is 969 g/mol. The molecule has 0 saturated carbocycles. The Morgan fingerprint density at radius 1 is 0.276 bits per heavy atom. The molecule has 17 aromatic rings. The maximum absolute atomic E-state index is 12.5. The maximum Gasteiger partial charge on any atom is 0.137 e. The molecule has 0 aliphatic heterocycles. The molecule has 0 aliphatic carbocycles. The second-order valence-corrected chi connectivity index (χ2v) is 19.6. The Kier molecular flexibility index (Phi) is 7.99. The quantitative estimate of drug-likeness (QED) is 0.175. The SMILES string of the molecule is N#Cc1c(C#N)c(-n2c3ccccc3c3ccc4oc5ccccc5c4c32)c(-n2c3ccccc3c3ccc4oc5ccccc5c4c32)c(-c2ccccc2)c1-n1c2ccccc2c2ccc3oc4ccccc4c3c21. The van der Waals surface area contributed by atoms with Crippen LogP contribution in [0, 0.1) is 22.7 Å². The first-order valence-electron chi connectivity index (χ1n) is 25.3. The van der Waals surface area contributed by atoms with Crippen molar-refractivity contribution in [2.24, 2.45) is 0 Å². The van der Waals surface area contributed by atoms with Gasteiger partial charge in [-0.3, -0.25) is 0 Å². The third-order valence-electron chi connectivity index (χ3n) is 15.9. The number of para-hydroxylation sites is 6. The van der Waals surface area contributed by atoms with Gasteiger partial charge in [0.2, 0.25) is 0 Å². The predicted octanol–water partition coefficient (Wildman–Crippen LogP) is 18.1. The van der Waals surface area contributed by atoms with E-state index in [1.54, 1.807) is 0 Å². The first kappa shape index (κ1) is 40.8. The summed E-state index contributed by atoms with van der Waals surface area (Å²) >= 11 is 0. The summed E-state index contributed by atoms with van der Waals surface area (Å²) in [6, 6.07) is 78.2. The second kappa shape index (κ2) is 14.9. The minimum atomic E-state index is 0.213. The summed E-state index contributed by atoms with van der Waals surface area (Å²) in [5.41, 5.74) is 13.6. The minimum absolute atomic E-state index is 0.213. The first-order chi connectivity index (χ1) is 37.7. The van der Waals surface area contributed by atoms with Crippen LogP contribution in [0.2, 0.25) is 0 Å². The zero-order valence-electron chi connectivity index (χ0n) is 40.2. The molecule has 8 heteroatoms. The van der Waals surface area contributed by atoms with Crippen molar-refractivity contribution in [1.29, 1.82) is 10.5 Å². The molecule has 0 N–H and O–H groups in total. The lowest BCUT2D eigenvalue weighted by Crippen LogP contribution is -2.14. The van der Waals surface area contributed by atoms with E-state index in [0.717, 1.165) is 131 Å². The van der Waals surface area contributed by atoms with Crippen molar-refractivity contribution in [2.75, 3.05) is 0 Å². The highest BCUT2D eigenvalue weighted by Crippen LogP contribution is 2.52. The Bertz CT molecular complexity index is 5510. The fraction of sp³-hybridized carbons (Fsp3) is 0. The molecule has 8 nitrogen and oxygen atoms in total. The summed E-state index contributed by atoms with van der Waals surface area (Å²) in [5, 5.41) is 36.4. The summed E-state index contributed by atoms with van der Waals surface area (Å²) in [6.07, 6.45) is 0. The molecule has 0 saturated heterocycles. The molecule has 11 aromatic carbocycles. The van der Waals surface area contributed by atoms with Crippen molar-refractivity contribution in [3.63, 3.8) is 0 Å². The molecule has 6 heterocycles. The number of benzene rings is 11. The van der Waals surface area contributed by atoms with E-state index < -0.39 is 0 Å². The van der Waals surface area contributed by atoms with Gasteiger partial charge in [0.05, 0.1) is 77.4 Å². The first-order valence-corrected chi connectivity index (χ1v) is 25.3. The number of aromatic nitrogens is 3. The number of nitriles is 2. The summed E-state index contributed by atoms with van der Waals surface area (Å²) in [7, 11) is 0. The van der Waals surface area contributed by atoms with E-state index in [-0.39, 0.29) is 11.1 Å². The third kappa shape index (κ3) is 5.14. The molecule has 350 valence electrons. The van der Waals surface area contributed by atoms with Crippen LogP contribution in [0.1, 0.15) is 11.1 Å². The number of hydrogen-bond donors (Lipinski definition) is 0. The molecule has 0 atom stereocenters. The summed E-state index contributed by atoms with van der Waals surface area (Å²) in [4.78, 5) is 0. The van der Waals surface area contributed by atoms with Crippen LogP contribution in [-0.2, 0) is 0 Å². The standard InChI is InChI=1S/C68H35N5O3/c69-36-48-49(37-70)67(72-51-25-11-5-19-40(51)43-31-34-57-61(64(43)72)46-22-8-14-28-54(46)75-57)68(73-52-26-12-6-20-41(52)44-32-35-58-62(65(44)73)47-23-9-15-29-55(47)76-58)59(38-16-2-1-3-17-38)66(48)71-50-24-10-4-18-39(50)42-30-33-56-60(63(42)71)45-21-7-13-27-53(45)74-56/h1-35H. The van der Waals surface area contributed by atoms with Crippen LogP contribution in [0.25, 0.3) is 159 Å². The van der Waals surface area contributed by atoms with Gasteiger partial charge < -0.3 is 27.0 Å². The van der Waals surface area contributed by atoms with Gasteiger partial charge in [0, 0.05) is 54.0 Å². The van der Waals surface area contributed by atoms with Gasteiger partial charge in [-0.2, -0.15) is 10.5 Å². The van der Waals surface area contributed by atoms with E-state index >= 15 is 0 Å². The zero-order valence-corrected chi connectivity index (χ0v) is 40.2. The van der Waals surface area contributed by atoms with Gasteiger partial charge in [-0.05, 0) is 78.4 Å². The molecule has 0 unspecified atom stereocenters. The number of fused-ring (bicyclic) bond motifs is 21. The van der Waals surface area contributed by atoms with Crippen LogP contribution < -0.4 is 0 Å². The molecule has 6 aromatic heterocycles. The van der Waals surface area contributed by atoms with Gasteiger partial charge in [-0.25, -0.2) is 0 Å². The Morgan fingerprint density at radius 3 is 1.01 bits per heavy atom. The average molecular weight is 970 g/mol. The molecule has 76 heavy (non-hydrogen) atoms. The van der Waals surface area contributed by atoms with Crippen LogP contribution in [0.15, 0.2) is 226 Å². The van der Waals surface area contributed by atoms with Crippen molar-refractivity contribution in [3.05, 3.63) is 223 Å². The molecule has 17 rings (SSSR count). The van der Waals surface area contributed by atoms with Crippen LogP contribution in [0.5, 0.6) is 0 Å². The van der Waals surface area contributed by atoms with Crippen molar-refractivity contribution in [3.8, 4) is 40.3 Å². The molecular formula is C68H35N5O3. The Hall–Kier alpha value is -10.8. The fourth-order valence-corrected chi connectivity index (χ4v) is 13.0. The van der Waals surface area contributed by atoms with Crippen LogP contribution >= 0.6 is 0 Å². The Labute approximate surface area is 430 Å². The Morgan fingerprint density at radius 2 is 0.605 bits per heavy atom. The molecule has 0 amide bonds.